The molecule has 50 valence electrons. The molecule has 0 unspecified atom stereocenters. The second kappa shape index (κ2) is 2.29. The Kier molecular flexibility index (Phi) is 1.61. The Labute approximate surface area is 60.1 Å². The minimum Gasteiger partial charge on any atom is -0.269 e. The summed E-state index contributed by atoms with van der Waals surface area (Å²) in [7, 11) is 6.92. The van der Waals surface area contributed by atoms with Gasteiger partial charge in [-0.05, 0) is 18.5 Å². The lowest BCUT2D eigenvalue weighted by Crippen LogP contribution is -2.34. The quantitative estimate of drug-likeness (QED) is 0.421. The van der Waals surface area contributed by atoms with Crippen molar-refractivity contribution in [2.24, 2.45) is 7.05 Å². The molecule has 0 aliphatic heterocycles. The molecule has 1 rings (SSSR count). The first-order chi connectivity index (χ1) is 4.61. The van der Waals surface area contributed by atoms with E-state index < -0.39 is 0 Å². The monoisotopic (exact) mass is 134 g/mol. The molecule has 1 aromatic heterocycles. The predicted molar refractivity (Wildman–Crippen MR) is 39.6 cm³/mol. The van der Waals surface area contributed by atoms with E-state index in [1.807, 2.05) is 0 Å². The maximum atomic E-state index is 10.9. The minimum absolute atomic E-state index is 0.245. The summed E-state index contributed by atoms with van der Waals surface area (Å²) in [5.41, 5.74) is 0.750. The summed E-state index contributed by atoms with van der Waals surface area (Å²) in [5.74, 6) is 0. The van der Waals surface area contributed by atoms with Crippen molar-refractivity contribution >= 4 is 13.3 Å². The molecule has 1 aromatic rings. The zero-order valence-corrected chi connectivity index (χ0v) is 5.96. The lowest BCUT2D eigenvalue weighted by Gasteiger charge is -1.98. The maximum absolute atomic E-state index is 10.9. The molecule has 0 saturated heterocycles. The Morgan fingerprint density at radius 1 is 1.70 bits per heavy atom. The second-order valence-corrected chi connectivity index (χ2v) is 2.17. The van der Waals surface area contributed by atoms with Crippen molar-refractivity contribution in [2.45, 2.75) is 6.92 Å². The molecule has 0 aliphatic carbocycles. The van der Waals surface area contributed by atoms with Gasteiger partial charge in [0.25, 0.3) is 5.56 Å². The summed E-state index contributed by atoms with van der Waals surface area (Å²) in [5, 5.41) is 3.86. The van der Waals surface area contributed by atoms with Crippen molar-refractivity contribution < 1.29 is 0 Å². The third-order valence-corrected chi connectivity index (χ3v) is 1.21. The lowest BCUT2D eigenvalue weighted by atomic mass is 9.98. The van der Waals surface area contributed by atoms with Gasteiger partial charge in [-0.2, -0.15) is 5.10 Å². The fourth-order valence-corrected chi connectivity index (χ4v) is 0.784. The summed E-state index contributed by atoms with van der Waals surface area (Å²) < 4.78 is 1.23. The van der Waals surface area contributed by atoms with E-state index in [1.165, 1.54) is 4.68 Å². The summed E-state index contributed by atoms with van der Waals surface area (Å²) in [6.07, 6.45) is 0. The molecule has 10 heavy (non-hydrogen) atoms. The second-order valence-electron chi connectivity index (χ2n) is 2.17. The summed E-state index contributed by atoms with van der Waals surface area (Å²) >= 11 is 0. The fourth-order valence-electron chi connectivity index (χ4n) is 0.784. The highest BCUT2D eigenvalue weighted by atomic mass is 16.1. The van der Waals surface area contributed by atoms with Crippen LogP contribution in [-0.4, -0.2) is 17.6 Å². The van der Waals surface area contributed by atoms with Crippen molar-refractivity contribution in [3.63, 3.8) is 0 Å². The van der Waals surface area contributed by atoms with Gasteiger partial charge < -0.3 is 0 Å². The molecule has 0 spiro atoms. The van der Waals surface area contributed by atoms with Crippen LogP contribution in [0.3, 0.4) is 0 Å². The molecule has 0 bridgehead atoms. The van der Waals surface area contributed by atoms with Crippen LogP contribution in [0.2, 0.25) is 0 Å². The van der Waals surface area contributed by atoms with Gasteiger partial charge in [0.15, 0.2) is 0 Å². The summed E-state index contributed by atoms with van der Waals surface area (Å²) in [6, 6.07) is 1.56. The molecular formula is C6H7BN2O. The van der Waals surface area contributed by atoms with Gasteiger partial charge in [-0.15, -0.1) is 0 Å². The Hall–Kier alpha value is -1.06. The summed E-state index contributed by atoms with van der Waals surface area (Å²) in [6.45, 7) is 1.79. The lowest BCUT2D eigenvalue weighted by molar-refractivity contribution is 0.698. The Morgan fingerprint density at radius 3 is 2.80 bits per heavy atom. The van der Waals surface area contributed by atoms with E-state index in [2.05, 4.69) is 5.10 Å². The van der Waals surface area contributed by atoms with E-state index in [9.17, 15) is 4.79 Å². The van der Waals surface area contributed by atoms with Gasteiger partial charge in [0.05, 0.1) is 5.69 Å². The highest BCUT2D eigenvalue weighted by molar-refractivity contribution is 6.31. The molecule has 0 saturated carbocycles. The SMILES string of the molecule is [B]c1cc(C)nn(C)c1=O. The van der Waals surface area contributed by atoms with Crippen LogP contribution in [0, 0.1) is 6.92 Å². The van der Waals surface area contributed by atoms with Gasteiger partial charge in [-0.25, -0.2) is 4.68 Å². The average Bonchev–Trinajstić information content (AvgIpc) is 1.82. The highest BCUT2D eigenvalue weighted by Gasteiger charge is 1.95. The first-order valence-electron chi connectivity index (χ1n) is 2.91. The number of rotatable bonds is 0. The van der Waals surface area contributed by atoms with E-state index in [0.29, 0.717) is 0 Å². The molecule has 3 nitrogen and oxygen atoms in total. The fraction of sp³-hybridized carbons (Fsp3) is 0.333. The van der Waals surface area contributed by atoms with Crippen LogP contribution in [0.5, 0.6) is 0 Å². The molecule has 0 N–H and O–H groups in total. The number of nitrogens with zero attached hydrogens (tertiary/aromatic N) is 2. The van der Waals surface area contributed by atoms with Gasteiger partial charge in [0.1, 0.15) is 7.85 Å². The Morgan fingerprint density at radius 2 is 2.30 bits per heavy atom. The number of aromatic nitrogens is 2. The Balaban J connectivity index is 3.46. The van der Waals surface area contributed by atoms with Crippen molar-refractivity contribution in [3.8, 4) is 0 Å². The van der Waals surface area contributed by atoms with E-state index in [-0.39, 0.29) is 11.0 Å². The third-order valence-electron chi connectivity index (χ3n) is 1.21. The molecule has 4 heteroatoms. The van der Waals surface area contributed by atoms with E-state index in [0.717, 1.165) is 5.69 Å². The smallest absolute Gasteiger partial charge is 0.259 e. The molecule has 0 amide bonds. The predicted octanol–water partition coefficient (Wildman–Crippen LogP) is -1.12. The first-order valence-corrected chi connectivity index (χ1v) is 2.91. The van der Waals surface area contributed by atoms with Crippen molar-refractivity contribution in [1.82, 2.24) is 9.78 Å². The molecule has 0 atom stereocenters. The highest BCUT2D eigenvalue weighted by Crippen LogP contribution is 1.79. The molecule has 0 aliphatic rings. The molecule has 0 fully saturated rings. The van der Waals surface area contributed by atoms with Crippen molar-refractivity contribution in [2.75, 3.05) is 0 Å². The van der Waals surface area contributed by atoms with Gasteiger partial charge in [-0.3, -0.25) is 4.79 Å². The van der Waals surface area contributed by atoms with Gasteiger partial charge in [-0.1, -0.05) is 0 Å². The van der Waals surface area contributed by atoms with Crippen LogP contribution in [-0.2, 0) is 7.05 Å². The van der Waals surface area contributed by atoms with E-state index >= 15 is 0 Å². The number of aryl methyl sites for hydroxylation is 2. The largest absolute Gasteiger partial charge is 0.269 e. The minimum atomic E-state index is -0.245. The summed E-state index contributed by atoms with van der Waals surface area (Å²) in [4.78, 5) is 10.9. The van der Waals surface area contributed by atoms with Crippen LogP contribution in [0.25, 0.3) is 0 Å². The molecular weight excluding hydrogens is 127 g/mol. The first kappa shape index (κ1) is 7.06. The van der Waals surface area contributed by atoms with Crippen molar-refractivity contribution in [1.29, 1.82) is 0 Å². The van der Waals surface area contributed by atoms with E-state index in [1.54, 1.807) is 20.0 Å². The van der Waals surface area contributed by atoms with Crippen LogP contribution in [0.1, 0.15) is 5.69 Å². The number of hydrogen-bond donors (Lipinski definition) is 0. The third kappa shape index (κ3) is 1.10. The van der Waals surface area contributed by atoms with Gasteiger partial charge >= 0.3 is 0 Å². The molecule has 0 aromatic carbocycles. The number of hydrogen-bond acceptors (Lipinski definition) is 2. The molecule has 2 radical (unpaired) electrons. The van der Waals surface area contributed by atoms with Gasteiger partial charge in [0, 0.05) is 7.05 Å². The van der Waals surface area contributed by atoms with E-state index in [4.69, 9.17) is 7.85 Å². The topological polar surface area (TPSA) is 34.9 Å². The van der Waals surface area contributed by atoms with Gasteiger partial charge in [0.2, 0.25) is 0 Å². The zero-order chi connectivity index (χ0) is 7.72. The van der Waals surface area contributed by atoms with Crippen LogP contribution >= 0.6 is 0 Å². The molecule has 1 heterocycles. The van der Waals surface area contributed by atoms with Crippen LogP contribution in [0.4, 0.5) is 0 Å². The maximum Gasteiger partial charge on any atom is 0.259 e. The standard InChI is InChI=1S/C6H7BN2O/c1-4-3-5(7)6(10)9(2)8-4/h3H,1-2H3. The Bertz CT molecular complexity index is 279. The average molecular weight is 134 g/mol. The van der Waals surface area contributed by atoms with Crippen molar-refractivity contribution in [3.05, 3.63) is 22.1 Å². The zero-order valence-electron chi connectivity index (χ0n) is 5.96. The normalized spacial score (nSPS) is 9.80. The van der Waals surface area contributed by atoms with Crippen LogP contribution < -0.4 is 11.0 Å². The van der Waals surface area contributed by atoms with Crippen LogP contribution in [0.15, 0.2) is 10.9 Å².